The van der Waals surface area contributed by atoms with Gasteiger partial charge in [-0.25, -0.2) is 0 Å². The van der Waals surface area contributed by atoms with Crippen LogP contribution in [0.25, 0.3) is 0 Å². The van der Waals surface area contributed by atoms with Gasteiger partial charge in [-0.3, -0.25) is 4.79 Å². The molecular weight excluding hydrogens is 248 g/mol. The first-order valence-corrected chi connectivity index (χ1v) is 7.46. The lowest BCUT2D eigenvalue weighted by Crippen LogP contribution is -2.42. The van der Waals surface area contributed by atoms with Crippen molar-refractivity contribution < 1.29 is 4.79 Å². The van der Waals surface area contributed by atoms with E-state index in [9.17, 15) is 4.79 Å². The lowest BCUT2D eigenvalue weighted by Gasteiger charge is -2.21. The van der Waals surface area contributed by atoms with Crippen LogP contribution < -0.4 is 11.1 Å². The number of nitrogens with one attached hydrogen (secondary N) is 1. The Kier molecular flexibility index (Phi) is 4.19. The van der Waals surface area contributed by atoms with Gasteiger partial charge in [0.05, 0.1) is 5.41 Å². The maximum Gasteiger partial charge on any atom is 0.227 e. The molecule has 1 aromatic carbocycles. The molecule has 20 heavy (non-hydrogen) atoms. The van der Waals surface area contributed by atoms with E-state index in [-0.39, 0.29) is 11.9 Å². The molecule has 0 saturated heterocycles. The van der Waals surface area contributed by atoms with Gasteiger partial charge in [0, 0.05) is 18.5 Å². The molecule has 2 atom stereocenters. The van der Waals surface area contributed by atoms with Crippen LogP contribution in [0.4, 0.5) is 0 Å². The number of hydrogen-bond acceptors (Lipinski definition) is 2. The van der Waals surface area contributed by atoms with E-state index in [0.29, 0.717) is 18.4 Å². The van der Waals surface area contributed by atoms with Crippen molar-refractivity contribution in [3.8, 4) is 0 Å². The van der Waals surface area contributed by atoms with Crippen molar-refractivity contribution in [2.45, 2.75) is 52.0 Å². The predicted octanol–water partition coefficient (Wildman–Crippen LogP) is 2.77. The third kappa shape index (κ3) is 3.21. The summed E-state index contributed by atoms with van der Waals surface area (Å²) in [5, 5.41) is 3.11. The number of carbonyl (C=O) groups excluding carboxylic acids is 1. The first-order valence-electron chi connectivity index (χ1n) is 7.46. The van der Waals surface area contributed by atoms with Crippen molar-refractivity contribution in [2.24, 2.45) is 11.1 Å². The second-order valence-electron chi connectivity index (χ2n) is 6.83. The summed E-state index contributed by atoms with van der Waals surface area (Å²) in [5.74, 6) is 1.09. The number of amides is 1. The molecule has 0 aromatic heterocycles. The maximum absolute atomic E-state index is 12.1. The third-order valence-corrected chi connectivity index (χ3v) is 4.26. The number of nitrogens with two attached hydrogens (primary N) is 1. The average molecular weight is 274 g/mol. The lowest BCUT2D eigenvalue weighted by atomic mass is 9.92. The van der Waals surface area contributed by atoms with Crippen molar-refractivity contribution in [1.82, 2.24) is 5.32 Å². The molecule has 110 valence electrons. The summed E-state index contributed by atoms with van der Waals surface area (Å²) < 4.78 is 0. The fraction of sp³-hybridized carbons (Fsp3) is 0.588. The summed E-state index contributed by atoms with van der Waals surface area (Å²) in [6.07, 6.45) is 1.04. The molecule has 3 nitrogen and oxygen atoms in total. The monoisotopic (exact) mass is 274 g/mol. The van der Waals surface area contributed by atoms with Crippen LogP contribution in [0.5, 0.6) is 0 Å². The summed E-state index contributed by atoms with van der Waals surface area (Å²) in [6, 6.07) is 9.06. The van der Waals surface area contributed by atoms with Crippen molar-refractivity contribution in [2.75, 3.05) is 6.54 Å². The highest BCUT2D eigenvalue weighted by molar-refractivity contribution is 5.82. The minimum Gasteiger partial charge on any atom is -0.352 e. The van der Waals surface area contributed by atoms with Crippen molar-refractivity contribution in [1.29, 1.82) is 0 Å². The summed E-state index contributed by atoms with van der Waals surface area (Å²) in [4.78, 5) is 12.1. The highest BCUT2D eigenvalue weighted by Crippen LogP contribution is 2.41. The standard InChI is InChI=1S/C17H26N2O/c1-11(2)12-5-7-13(8-6-12)14-9-15(14)19-16(20)17(3,4)10-18/h5-8,11,14-15H,9-10,18H2,1-4H3,(H,19,20)/t14-,15-/m0/s1. The SMILES string of the molecule is CC(C)c1ccc([C@@H]2C[C@@H]2NC(=O)C(C)(C)CN)cc1. The van der Waals surface area contributed by atoms with Gasteiger partial charge in [0.2, 0.25) is 5.91 Å². The van der Waals surface area contributed by atoms with Gasteiger partial charge in [0.1, 0.15) is 0 Å². The Hall–Kier alpha value is -1.35. The Morgan fingerprint density at radius 2 is 1.95 bits per heavy atom. The van der Waals surface area contributed by atoms with Gasteiger partial charge < -0.3 is 11.1 Å². The topological polar surface area (TPSA) is 55.1 Å². The molecule has 0 unspecified atom stereocenters. The molecule has 2 rings (SSSR count). The molecule has 1 aromatic rings. The highest BCUT2D eigenvalue weighted by atomic mass is 16.2. The predicted molar refractivity (Wildman–Crippen MR) is 82.7 cm³/mol. The van der Waals surface area contributed by atoms with E-state index < -0.39 is 5.41 Å². The zero-order chi connectivity index (χ0) is 14.9. The fourth-order valence-electron chi connectivity index (χ4n) is 2.31. The minimum absolute atomic E-state index is 0.0614. The molecule has 0 radical (unpaired) electrons. The lowest BCUT2D eigenvalue weighted by molar-refractivity contribution is -0.129. The molecule has 1 saturated carbocycles. The van der Waals surface area contributed by atoms with Crippen LogP contribution in [-0.4, -0.2) is 18.5 Å². The van der Waals surface area contributed by atoms with E-state index in [1.807, 2.05) is 13.8 Å². The Balaban J connectivity index is 1.93. The molecule has 1 amide bonds. The summed E-state index contributed by atoms with van der Waals surface area (Å²) in [5.41, 5.74) is 7.84. The van der Waals surface area contributed by atoms with E-state index in [1.54, 1.807) is 0 Å². The Morgan fingerprint density at radius 3 is 2.45 bits per heavy atom. The van der Waals surface area contributed by atoms with Crippen molar-refractivity contribution >= 4 is 5.91 Å². The number of rotatable bonds is 5. The summed E-state index contributed by atoms with van der Waals surface area (Å²) in [7, 11) is 0. The Bertz CT molecular complexity index is 476. The van der Waals surface area contributed by atoms with E-state index in [2.05, 4.69) is 43.4 Å². The molecule has 1 fully saturated rings. The van der Waals surface area contributed by atoms with E-state index in [0.717, 1.165) is 6.42 Å². The van der Waals surface area contributed by atoms with Gasteiger partial charge in [-0.2, -0.15) is 0 Å². The number of benzene rings is 1. The first-order chi connectivity index (χ1) is 9.35. The molecule has 0 spiro atoms. The molecule has 0 bridgehead atoms. The molecule has 0 aliphatic heterocycles. The van der Waals surface area contributed by atoms with Crippen LogP contribution in [0.15, 0.2) is 24.3 Å². The van der Waals surface area contributed by atoms with Gasteiger partial charge in [-0.15, -0.1) is 0 Å². The van der Waals surface area contributed by atoms with Crippen molar-refractivity contribution in [3.63, 3.8) is 0 Å². The smallest absolute Gasteiger partial charge is 0.227 e. The second kappa shape index (κ2) is 5.57. The van der Waals surface area contributed by atoms with Crippen LogP contribution in [0.3, 0.4) is 0 Å². The van der Waals surface area contributed by atoms with Crippen LogP contribution in [0, 0.1) is 5.41 Å². The maximum atomic E-state index is 12.1. The molecule has 3 heteroatoms. The second-order valence-corrected chi connectivity index (χ2v) is 6.83. The quantitative estimate of drug-likeness (QED) is 0.867. The fourth-order valence-corrected chi connectivity index (χ4v) is 2.31. The molecule has 3 N–H and O–H groups in total. The van der Waals surface area contributed by atoms with Crippen LogP contribution in [0.1, 0.15) is 57.1 Å². The van der Waals surface area contributed by atoms with E-state index >= 15 is 0 Å². The third-order valence-electron chi connectivity index (χ3n) is 4.26. The van der Waals surface area contributed by atoms with Gasteiger partial charge in [-0.1, -0.05) is 38.1 Å². The van der Waals surface area contributed by atoms with Crippen LogP contribution in [-0.2, 0) is 4.79 Å². The Morgan fingerprint density at radius 1 is 1.35 bits per heavy atom. The largest absolute Gasteiger partial charge is 0.352 e. The summed E-state index contributed by atoms with van der Waals surface area (Å²) in [6.45, 7) is 8.54. The number of hydrogen-bond donors (Lipinski definition) is 2. The summed E-state index contributed by atoms with van der Waals surface area (Å²) >= 11 is 0. The molecule has 0 heterocycles. The van der Waals surface area contributed by atoms with E-state index in [4.69, 9.17) is 5.73 Å². The molecule has 1 aliphatic rings. The van der Waals surface area contributed by atoms with Gasteiger partial charge in [0.25, 0.3) is 0 Å². The molecular formula is C17H26N2O. The van der Waals surface area contributed by atoms with Crippen LogP contribution >= 0.6 is 0 Å². The minimum atomic E-state index is -0.478. The number of carbonyl (C=O) groups is 1. The normalized spacial score (nSPS) is 21.9. The highest BCUT2D eigenvalue weighted by Gasteiger charge is 2.41. The van der Waals surface area contributed by atoms with Crippen molar-refractivity contribution in [3.05, 3.63) is 35.4 Å². The zero-order valence-electron chi connectivity index (χ0n) is 12.9. The van der Waals surface area contributed by atoms with Gasteiger partial charge in [0.15, 0.2) is 0 Å². The van der Waals surface area contributed by atoms with Crippen LogP contribution in [0.2, 0.25) is 0 Å². The van der Waals surface area contributed by atoms with Gasteiger partial charge >= 0.3 is 0 Å². The van der Waals surface area contributed by atoms with Gasteiger partial charge in [-0.05, 0) is 37.3 Å². The Labute approximate surface area is 121 Å². The zero-order valence-corrected chi connectivity index (χ0v) is 12.9. The molecule has 1 aliphatic carbocycles. The average Bonchev–Trinajstić information content (AvgIpc) is 3.18. The van der Waals surface area contributed by atoms with E-state index in [1.165, 1.54) is 11.1 Å². The first kappa shape index (κ1) is 15.0.